The van der Waals surface area contributed by atoms with E-state index in [-0.39, 0.29) is 5.92 Å². The highest BCUT2D eigenvalue weighted by Gasteiger charge is 2.25. The van der Waals surface area contributed by atoms with Gasteiger partial charge in [0.2, 0.25) is 0 Å². The van der Waals surface area contributed by atoms with Crippen molar-refractivity contribution in [3.05, 3.63) is 12.2 Å². The van der Waals surface area contributed by atoms with Crippen LogP contribution in [0, 0.1) is 11.8 Å². The van der Waals surface area contributed by atoms with E-state index in [4.69, 9.17) is 5.11 Å². The van der Waals surface area contributed by atoms with Gasteiger partial charge in [0.25, 0.3) is 0 Å². The lowest BCUT2D eigenvalue weighted by Crippen LogP contribution is -2.39. The van der Waals surface area contributed by atoms with Crippen molar-refractivity contribution < 1.29 is 9.90 Å². The summed E-state index contributed by atoms with van der Waals surface area (Å²) < 4.78 is 0. The third-order valence-corrected chi connectivity index (χ3v) is 3.83. The van der Waals surface area contributed by atoms with Gasteiger partial charge in [-0.3, -0.25) is 4.79 Å². The Labute approximate surface area is 97.1 Å². The van der Waals surface area contributed by atoms with E-state index in [1.807, 2.05) is 0 Å². The quantitative estimate of drug-likeness (QED) is 0.745. The summed E-state index contributed by atoms with van der Waals surface area (Å²) in [6.07, 6.45) is 9.95. The summed E-state index contributed by atoms with van der Waals surface area (Å²) >= 11 is 0. The summed E-state index contributed by atoms with van der Waals surface area (Å²) in [5.41, 5.74) is 0. The van der Waals surface area contributed by atoms with Crippen molar-refractivity contribution in [3.63, 3.8) is 0 Å². The number of carboxylic acid groups (broad SMARTS) is 1. The lowest BCUT2D eigenvalue weighted by molar-refractivity contribution is -0.143. The predicted octanol–water partition coefficient (Wildman–Crippen LogP) is 2.14. The molecule has 0 bridgehead atoms. The van der Waals surface area contributed by atoms with Crippen molar-refractivity contribution >= 4 is 5.97 Å². The van der Waals surface area contributed by atoms with Gasteiger partial charge in [-0.15, -0.1) is 0 Å². The summed E-state index contributed by atoms with van der Waals surface area (Å²) in [6.45, 7) is 3.10. The van der Waals surface area contributed by atoms with Gasteiger partial charge in [0.05, 0.1) is 5.92 Å². The molecule has 2 rings (SSSR count). The molecule has 1 fully saturated rings. The van der Waals surface area contributed by atoms with Crippen LogP contribution in [0.4, 0.5) is 0 Å². The van der Waals surface area contributed by atoms with Crippen LogP contribution in [0.25, 0.3) is 0 Å². The van der Waals surface area contributed by atoms with Gasteiger partial charge in [-0.2, -0.15) is 0 Å². The number of nitrogens with zero attached hydrogens (tertiary/aromatic N) is 1. The Morgan fingerprint density at radius 2 is 2.00 bits per heavy atom. The highest BCUT2D eigenvalue weighted by molar-refractivity contribution is 5.70. The molecule has 1 N–H and O–H groups in total. The van der Waals surface area contributed by atoms with Crippen LogP contribution in [0.2, 0.25) is 0 Å². The zero-order chi connectivity index (χ0) is 11.4. The molecule has 0 saturated carbocycles. The molecule has 1 heterocycles. The van der Waals surface area contributed by atoms with E-state index in [9.17, 15) is 4.79 Å². The minimum atomic E-state index is -0.611. The molecule has 3 nitrogen and oxygen atoms in total. The van der Waals surface area contributed by atoms with Gasteiger partial charge in [-0.1, -0.05) is 12.2 Å². The van der Waals surface area contributed by atoms with E-state index in [1.54, 1.807) is 0 Å². The molecular weight excluding hydrogens is 202 g/mol. The van der Waals surface area contributed by atoms with Gasteiger partial charge < -0.3 is 10.0 Å². The maximum Gasteiger partial charge on any atom is 0.306 e. The number of allylic oxidation sites excluding steroid dienone is 2. The fourth-order valence-corrected chi connectivity index (χ4v) is 2.75. The van der Waals surface area contributed by atoms with Gasteiger partial charge in [0.15, 0.2) is 0 Å². The number of hydrogen-bond donors (Lipinski definition) is 1. The van der Waals surface area contributed by atoms with Gasteiger partial charge in [-0.05, 0) is 51.1 Å². The summed E-state index contributed by atoms with van der Waals surface area (Å²) in [5, 5.41) is 8.92. The molecular formula is C13H21NO2. The maximum absolute atomic E-state index is 10.8. The normalized spacial score (nSPS) is 28.1. The molecule has 0 radical (unpaired) electrons. The number of piperidine rings is 1. The third-order valence-electron chi connectivity index (χ3n) is 3.83. The Morgan fingerprint density at radius 1 is 1.25 bits per heavy atom. The van der Waals surface area contributed by atoms with E-state index in [1.165, 1.54) is 19.3 Å². The Balaban J connectivity index is 1.72. The average molecular weight is 223 g/mol. The number of carbonyl (C=O) groups is 1. The number of likely N-dealkylation sites (tertiary alicyclic amines) is 1. The lowest BCUT2D eigenvalue weighted by Gasteiger charge is -2.33. The summed E-state index contributed by atoms with van der Waals surface area (Å²) in [7, 11) is 0. The Kier molecular flexibility index (Phi) is 3.99. The van der Waals surface area contributed by atoms with Crippen LogP contribution in [0.1, 0.15) is 32.1 Å². The molecule has 0 aromatic heterocycles. The molecule has 0 amide bonds. The molecule has 0 aromatic rings. The van der Waals surface area contributed by atoms with Crippen molar-refractivity contribution in [2.45, 2.75) is 32.1 Å². The highest BCUT2D eigenvalue weighted by Crippen LogP contribution is 2.23. The molecule has 16 heavy (non-hydrogen) atoms. The third kappa shape index (κ3) is 3.08. The number of rotatable bonds is 3. The molecule has 1 atom stereocenters. The molecule has 1 saturated heterocycles. The van der Waals surface area contributed by atoms with Gasteiger partial charge in [0.1, 0.15) is 0 Å². The first-order valence-corrected chi connectivity index (χ1v) is 6.36. The molecule has 1 aliphatic heterocycles. The van der Waals surface area contributed by atoms with Crippen LogP contribution in [0.15, 0.2) is 12.2 Å². The maximum atomic E-state index is 10.8. The SMILES string of the molecule is O=C(O)C1CCN(CC2CC=CCC2)CC1. The topological polar surface area (TPSA) is 40.5 Å². The molecule has 90 valence electrons. The molecule has 3 heteroatoms. The largest absolute Gasteiger partial charge is 0.481 e. The minimum absolute atomic E-state index is 0.0949. The second-order valence-electron chi connectivity index (χ2n) is 5.06. The number of aliphatic carboxylic acids is 1. The Hall–Kier alpha value is -0.830. The minimum Gasteiger partial charge on any atom is -0.481 e. The highest BCUT2D eigenvalue weighted by atomic mass is 16.4. The zero-order valence-electron chi connectivity index (χ0n) is 9.77. The first kappa shape index (κ1) is 11.6. The van der Waals surface area contributed by atoms with Crippen LogP contribution in [0.3, 0.4) is 0 Å². The number of carboxylic acids is 1. The summed E-state index contributed by atoms with van der Waals surface area (Å²) in [4.78, 5) is 13.3. The van der Waals surface area contributed by atoms with Crippen molar-refractivity contribution in [1.82, 2.24) is 4.90 Å². The summed E-state index contributed by atoms with van der Waals surface area (Å²) in [6, 6.07) is 0. The molecule has 1 aliphatic carbocycles. The smallest absolute Gasteiger partial charge is 0.306 e. The van der Waals surface area contributed by atoms with Crippen LogP contribution >= 0.6 is 0 Å². The van der Waals surface area contributed by atoms with Crippen molar-refractivity contribution in [1.29, 1.82) is 0 Å². The van der Waals surface area contributed by atoms with Crippen molar-refractivity contribution in [2.75, 3.05) is 19.6 Å². The van der Waals surface area contributed by atoms with E-state index in [2.05, 4.69) is 17.1 Å². The first-order chi connectivity index (χ1) is 7.75. The number of hydrogen-bond acceptors (Lipinski definition) is 2. The van der Waals surface area contributed by atoms with E-state index >= 15 is 0 Å². The Morgan fingerprint density at radius 3 is 2.56 bits per heavy atom. The van der Waals surface area contributed by atoms with Crippen LogP contribution in [-0.2, 0) is 4.79 Å². The molecule has 1 unspecified atom stereocenters. The van der Waals surface area contributed by atoms with E-state index < -0.39 is 5.97 Å². The Bertz CT molecular complexity index is 267. The van der Waals surface area contributed by atoms with Crippen molar-refractivity contribution in [2.24, 2.45) is 11.8 Å². The molecule has 0 spiro atoms. The van der Waals surface area contributed by atoms with Crippen LogP contribution < -0.4 is 0 Å². The zero-order valence-corrected chi connectivity index (χ0v) is 9.77. The molecule has 0 aromatic carbocycles. The van der Waals surface area contributed by atoms with Gasteiger partial charge >= 0.3 is 5.97 Å². The standard InChI is InChI=1S/C13H21NO2/c15-13(16)12-6-8-14(9-7-12)10-11-4-2-1-3-5-11/h1-2,11-12H,3-10H2,(H,15,16). The van der Waals surface area contributed by atoms with E-state index in [0.717, 1.165) is 38.4 Å². The fraction of sp³-hybridized carbons (Fsp3) is 0.769. The monoisotopic (exact) mass is 223 g/mol. The molecule has 2 aliphatic rings. The second kappa shape index (κ2) is 5.48. The first-order valence-electron chi connectivity index (χ1n) is 6.36. The predicted molar refractivity (Wildman–Crippen MR) is 63.3 cm³/mol. The average Bonchev–Trinajstić information content (AvgIpc) is 2.31. The second-order valence-corrected chi connectivity index (χ2v) is 5.06. The summed E-state index contributed by atoms with van der Waals surface area (Å²) in [5.74, 6) is 0.0918. The van der Waals surface area contributed by atoms with E-state index in [0.29, 0.717) is 0 Å². The van der Waals surface area contributed by atoms with Gasteiger partial charge in [-0.25, -0.2) is 0 Å². The van der Waals surface area contributed by atoms with Crippen LogP contribution in [0.5, 0.6) is 0 Å². The van der Waals surface area contributed by atoms with Crippen LogP contribution in [-0.4, -0.2) is 35.6 Å². The van der Waals surface area contributed by atoms with Gasteiger partial charge in [0, 0.05) is 6.54 Å². The fourth-order valence-electron chi connectivity index (χ4n) is 2.75. The lowest BCUT2D eigenvalue weighted by atomic mass is 9.91. The van der Waals surface area contributed by atoms with Crippen molar-refractivity contribution in [3.8, 4) is 0 Å².